The molecule has 3 aliphatic heterocycles. The number of pyridine rings is 1. The zero-order valence-electron chi connectivity index (χ0n) is 23.3. The smallest absolute Gasteiger partial charge is 0.407 e. The molecule has 0 saturated carbocycles. The van der Waals surface area contributed by atoms with Gasteiger partial charge in [0.15, 0.2) is 0 Å². The number of aryl methyl sites for hydroxylation is 2. The Bertz CT molecular complexity index is 1700. The van der Waals surface area contributed by atoms with Gasteiger partial charge in [0, 0.05) is 37.1 Å². The number of aromatic nitrogens is 6. The van der Waals surface area contributed by atoms with Crippen molar-refractivity contribution in [2.75, 3.05) is 13.7 Å². The molecule has 0 saturated heterocycles. The first-order valence-corrected chi connectivity index (χ1v) is 13.4. The fraction of sp³-hybridized carbons (Fsp3) is 0.310. The first-order chi connectivity index (χ1) is 20.4. The van der Waals surface area contributed by atoms with Gasteiger partial charge >= 0.3 is 12.7 Å². The monoisotopic (exact) mass is 577 g/mol. The number of amides is 1. The normalized spacial score (nSPS) is 14.6. The van der Waals surface area contributed by atoms with Gasteiger partial charge in [0.2, 0.25) is 11.8 Å². The summed E-state index contributed by atoms with van der Waals surface area (Å²) in [6.07, 6.45) is 3.56. The van der Waals surface area contributed by atoms with Crippen LogP contribution in [0.25, 0.3) is 33.8 Å². The van der Waals surface area contributed by atoms with Gasteiger partial charge in [-0.15, -0.1) is 5.10 Å². The minimum atomic E-state index is -3.06. The minimum absolute atomic E-state index is 0.188. The van der Waals surface area contributed by atoms with Crippen LogP contribution in [0, 0.1) is 0 Å². The Hall–Kier alpha value is -4.94. The molecule has 3 aliphatic rings. The summed E-state index contributed by atoms with van der Waals surface area (Å²) in [4.78, 5) is 16.9. The number of rotatable bonds is 8. The van der Waals surface area contributed by atoms with E-state index >= 15 is 0 Å². The van der Waals surface area contributed by atoms with E-state index in [4.69, 9.17) is 24.3 Å². The SMILES string of the molecule is CCc1nn2c(c1-c1nc3n(Cc4ccccc4)cccc-3c1-c1cn(C)nc1OC(F)F)OC[C@@H](NC(=O)OC)C2. The van der Waals surface area contributed by atoms with Gasteiger partial charge in [0.25, 0.3) is 0 Å². The van der Waals surface area contributed by atoms with E-state index in [1.807, 2.05) is 60.2 Å². The second kappa shape index (κ2) is 11.1. The van der Waals surface area contributed by atoms with Crippen molar-refractivity contribution in [3.05, 3.63) is 66.1 Å². The topological polar surface area (TPSA) is 110 Å². The van der Waals surface area contributed by atoms with Crippen LogP contribution >= 0.6 is 0 Å². The third kappa shape index (κ3) is 5.01. The Morgan fingerprint density at radius 3 is 2.69 bits per heavy atom. The van der Waals surface area contributed by atoms with Crippen molar-refractivity contribution >= 4 is 6.09 Å². The average molecular weight is 578 g/mol. The number of alkyl halides is 2. The van der Waals surface area contributed by atoms with E-state index in [0.717, 1.165) is 11.1 Å². The van der Waals surface area contributed by atoms with E-state index in [2.05, 4.69) is 10.4 Å². The second-order valence-corrected chi connectivity index (χ2v) is 9.90. The van der Waals surface area contributed by atoms with Gasteiger partial charge in [-0.2, -0.15) is 13.9 Å². The summed E-state index contributed by atoms with van der Waals surface area (Å²) >= 11 is 0. The Labute approximate surface area is 240 Å². The van der Waals surface area contributed by atoms with E-state index in [-0.39, 0.29) is 18.5 Å². The summed E-state index contributed by atoms with van der Waals surface area (Å²) in [5, 5.41) is 11.7. The first-order valence-electron chi connectivity index (χ1n) is 13.4. The molecule has 2 aromatic heterocycles. The third-order valence-corrected chi connectivity index (χ3v) is 7.10. The zero-order chi connectivity index (χ0) is 29.4. The number of halogens is 2. The zero-order valence-corrected chi connectivity index (χ0v) is 23.3. The Kier molecular flexibility index (Phi) is 7.23. The summed E-state index contributed by atoms with van der Waals surface area (Å²) in [5.41, 5.74) is 4.65. The molecule has 0 unspecified atom stereocenters. The molecule has 1 atom stereocenters. The maximum absolute atomic E-state index is 13.5. The number of hydrogen-bond donors (Lipinski definition) is 1. The molecule has 218 valence electrons. The van der Waals surface area contributed by atoms with Crippen LogP contribution in [-0.2, 0) is 31.3 Å². The van der Waals surface area contributed by atoms with Crippen molar-refractivity contribution < 1.29 is 27.8 Å². The van der Waals surface area contributed by atoms with Crippen molar-refractivity contribution in [1.82, 2.24) is 34.4 Å². The summed E-state index contributed by atoms with van der Waals surface area (Å²) in [7, 11) is 2.94. The van der Waals surface area contributed by atoms with Crippen molar-refractivity contribution in [1.29, 1.82) is 0 Å². The van der Waals surface area contributed by atoms with Gasteiger partial charge in [-0.3, -0.25) is 4.68 Å². The van der Waals surface area contributed by atoms with Crippen molar-refractivity contribution in [3.63, 3.8) is 0 Å². The number of hydrogen-bond acceptors (Lipinski definition) is 7. The van der Waals surface area contributed by atoms with E-state index in [9.17, 15) is 13.6 Å². The van der Waals surface area contributed by atoms with Crippen molar-refractivity contribution in [2.45, 2.75) is 39.1 Å². The van der Waals surface area contributed by atoms with Crippen LogP contribution in [-0.4, -0.2) is 61.6 Å². The molecule has 3 aromatic rings. The average Bonchev–Trinajstić information content (AvgIpc) is 3.65. The number of carbonyl (C=O) groups is 1. The molecule has 0 spiro atoms. The lowest BCUT2D eigenvalue weighted by molar-refractivity contribution is -0.0527. The molecule has 6 rings (SSSR count). The molecule has 1 amide bonds. The molecule has 0 radical (unpaired) electrons. The molecule has 0 bridgehead atoms. The molecule has 1 aromatic carbocycles. The van der Waals surface area contributed by atoms with E-state index in [0.29, 0.717) is 59.3 Å². The number of nitrogens with one attached hydrogen (secondary N) is 1. The molecule has 0 fully saturated rings. The van der Waals surface area contributed by atoms with Gasteiger partial charge in [-0.1, -0.05) is 37.3 Å². The summed E-state index contributed by atoms with van der Waals surface area (Å²) in [5.74, 6) is 0.929. The second-order valence-electron chi connectivity index (χ2n) is 9.90. The lowest BCUT2D eigenvalue weighted by atomic mass is 9.98. The highest BCUT2D eigenvalue weighted by atomic mass is 19.3. The third-order valence-electron chi connectivity index (χ3n) is 7.10. The van der Waals surface area contributed by atoms with E-state index in [1.54, 1.807) is 17.9 Å². The van der Waals surface area contributed by atoms with E-state index < -0.39 is 12.7 Å². The number of fused-ring (bicyclic) bond motifs is 2. The molecular formula is C29H29F2N7O4. The fourth-order valence-electron chi connectivity index (χ4n) is 5.33. The number of carbonyl (C=O) groups excluding carboxylic acids is 1. The molecule has 11 nitrogen and oxygen atoms in total. The Morgan fingerprint density at radius 2 is 1.95 bits per heavy atom. The van der Waals surface area contributed by atoms with Crippen molar-refractivity contribution in [3.8, 4) is 45.5 Å². The molecular weight excluding hydrogens is 548 g/mol. The predicted molar refractivity (Wildman–Crippen MR) is 149 cm³/mol. The maximum atomic E-state index is 13.5. The van der Waals surface area contributed by atoms with Crippen LogP contribution in [0.5, 0.6) is 11.8 Å². The largest absolute Gasteiger partial charge is 0.475 e. The van der Waals surface area contributed by atoms with Crippen LogP contribution in [0.4, 0.5) is 13.6 Å². The number of alkyl carbamates (subject to hydrolysis) is 1. The molecule has 1 N–H and O–H groups in total. The van der Waals surface area contributed by atoms with Gasteiger partial charge in [-0.05, 0) is 24.1 Å². The van der Waals surface area contributed by atoms with Gasteiger partial charge in [0.1, 0.15) is 12.4 Å². The highest BCUT2D eigenvalue weighted by Gasteiger charge is 2.34. The summed E-state index contributed by atoms with van der Waals surface area (Å²) in [6.45, 7) is -0.00103. The van der Waals surface area contributed by atoms with Gasteiger partial charge < -0.3 is 24.1 Å². The van der Waals surface area contributed by atoms with E-state index in [1.165, 1.54) is 11.8 Å². The number of benzene rings is 1. The first kappa shape index (κ1) is 27.2. The predicted octanol–water partition coefficient (Wildman–Crippen LogP) is 4.58. The van der Waals surface area contributed by atoms with Crippen LogP contribution < -0.4 is 14.8 Å². The number of ether oxygens (including phenoxy) is 3. The standard InChI is InChI=1S/C29H29F2N7O4/c1-4-21-23(27-38(34-21)14-18(16-41-27)32-29(39)40-3)24-22(20-15-36(2)35-26(20)42-28(30)31)19-11-8-12-37(25(19)33-24)13-17-9-6-5-7-10-17/h5-12,15,18,28H,4,13-14,16H2,1-3H3,(H,32,39)/t18-/m0/s1. The van der Waals surface area contributed by atoms with Gasteiger partial charge in [0.05, 0.1) is 42.2 Å². The fourth-order valence-corrected chi connectivity index (χ4v) is 5.33. The molecule has 0 aliphatic carbocycles. The quantitative estimate of drug-likeness (QED) is 0.288. The Morgan fingerprint density at radius 1 is 1.14 bits per heavy atom. The highest BCUT2D eigenvalue weighted by molar-refractivity contribution is 5.97. The number of nitrogens with zero attached hydrogens (tertiary/aromatic N) is 6. The minimum Gasteiger partial charge on any atom is -0.475 e. The highest BCUT2D eigenvalue weighted by Crippen LogP contribution is 2.48. The van der Waals surface area contributed by atoms with Crippen molar-refractivity contribution in [2.24, 2.45) is 7.05 Å². The number of methoxy groups -OCH3 is 1. The van der Waals surface area contributed by atoms with Crippen LogP contribution in [0.1, 0.15) is 18.2 Å². The van der Waals surface area contributed by atoms with Crippen LogP contribution in [0.3, 0.4) is 0 Å². The Balaban J connectivity index is 1.55. The van der Waals surface area contributed by atoms with Crippen LogP contribution in [0.15, 0.2) is 54.9 Å². The lowest BCUT2D eigenvalue weighted by Crippen LogP contribution is -2.44. The molecule has 5 heterocycles. The van der Waals surface area contributed by atoms with Crippen LogP contribution in [0.2, 0.25) is 0 Å². The molecule has 13 heteroatoms. The lowest BCUT2D eigenvalue weighted by Gasteiger charge is -2.25. The van der Waals surface area contributed by atoms with Gasteiger partial charge in [-0.25, -0.2) is 14.5 Å². The summed E-state index contributed by atoms with van der Waals surface area (Å²) < 4.78 is 47.9. The molecule has 42 heavy (non-hydrogen) atoms. The summed E-state index contributed by atoms with van der Waals surface area (Å²) in [6, 6.07) is 13.4. The maximum Gasteiger partial charge on any atom is 0.407 e.